The van der Waals surface area contributed by atoms with Crippen LogP contribution in [0.15, 0.2) is 0 Å². The molecule has 0 radical (unpaired) electrons. The highest BCUT2D eigenvalue weighted by atomic mass is 16.5. The molecule has 0 aromatic heterocycles. The maximum absolute atomic E-state index is 13.5. The van der Waals surface area contributed by atoms with Crippen molar-refractivity contribution in [3.05, 3.63) is 0 Å². The van der Waals surface area contributed by atoms with E-state index in [9.17, 15) is 14.4 Å². The van der Waals surface area contributed by atoms with E-state index < -0.39 is 18.1 Å². The molecule has 0 fully saturated rings. The van der Waals surface area contributed by atoms with Crippen LogP contribution in [-0.4, -0.2) is 80.0 Å². The molecule has 30 heavy (non-hydrogen) atoms. The fraction of sp³-hybridized carbons (Fsp3) is 0.864. The van der Waals surface area contributed by atoms with Gasteiger partial charge in [0.05, 0.1) is 24.6 Å². The summed E-state index contributed by atoms with van der Waals surface area (Å²) in [6.45, 7) is 11.8. The van der Waals surface area contributed by atoms with Crippen LogP contribution in [0.1, 0.15) is 54.4 Å². The van der Waals surface area contributed by atoms with Gasteiger partial charge in [0.25, 0.3) is 0 Å². The molecule has 0 rings (SSSR count). The number of hydrogen-bond donors (Lipinski definition) is 2. The summed E-state index contributed by atoms with van der Waals surface area (Å²) in [5.74, 6) is -0.768. The van der Waals surface area contributed by atoms with E-state index in [0.29, 0.717) is 0 Å². The fourth-order valence-electron chi connectivity index (χ4n) is 4.03. The number of ether oxygens (including phenoxy) is 1. The van der Waals surface area contributed by atoms with Crippen LogP contribution >= 0.6 is 0 Å². The molecule has 1 unspecified atom stereocenters. The maximum Gasteiger partial charge on any atom is 0.245 e. The third-order valence-electron chi connectivity index (χ3n) is 5.79. The number of hydrogen-bond acceptors (Lipinski definition) is 5. The van der Waals surface area contributed by atoms with Crippen LogP contribution in [0.5, 0.6) is 0 Å². The second kappa shape index (κ2) is 12.9. The first-order valence-corrected chi connectivity index (χ1v) is 10.8. The summed E-state index contributed by atoms with van der Waals surface area (Å²) in [5, 5.41) is 2.97. The van der Waals surface area contributed by atoms with Gasteiger partial charge in [0.15, 0.2) is 0 Å². The van der Waals surface area contributed by atoms with Crippen molar-refractivity contribution in [3.8, 4) is 0 Å². The zero-order chi connectivity index (χ0) is 23.8. The molecule has 176 valence electrons. The summed E-state index contributed by atoms with van der Waals surface area (Å²) in [5.41, 5.74) is 5.40. The molecule has 0 aromatic rings. The second-order valence-electron chi connectivity index (χ2n) is 9.15. The molecular weight excluding hydrogens is 384 g/mol. The lowest BCUT2D eigenvalue weighted by Crippen LogP contribution is -2.59. The van der Waals surface area contributed by atoms with Crippen LogP contribution in [0, 0.1) is 17.8 Å². The van der Waals surface area contributed by atoms with Crippen molar-refractivity contribution in [2.24, 2.45) is 23.5 Å². The zero-order valence-corrected chi connectivity index (χ0v) is 20.6. The molecule has 5 atom stereocenters. The number of carbonyl (C=O) groups is 3. The summed E-state index contributed by atoms with van der Waals surface area (Å²) in [6, 6.07) is -1.36. The van der Waals surface area contributed by atoms with Crippen molar-refractivity contribution in [2.45, 2.75) is 78.6 Å². The van der Waals surface area contributed by atoms with Gasteiger partial charge in [0.2, 0.25) is 17.7 Å². The van der Waals surface area contributed by atoms with Gasteiger partial charge in [-0.2, -0.15) is 0 Å². The van der Waals surface area contributed by atoms with Gasteiger partial charge in [-0.15, -0.1) is 0 Å². The molecule has 3 N–H and O–H groups in total. The quantitative estimate of drug-likeness (QED) is 0.462. The first-order valence-electron chi connectivity index (χ1n) is 10.8. The Balaban J connectivity index is 5.80. The van der Waals surface area contributed by atoms with Crippen molar-refractivity contribution >= 4 is 17.7 Å². The van der Waals surface area contributed by atoms with Gasteiger partial charge in [-0.05, 0) is 31.8 Å². The molecule has 3 amide bonds. The third-order valence-corrected chi connectivity index (χ3v) is 5.79. The number of methoxy groups -OCH3 is 1. The smallest absolute Gasteiger partial charge is 0.245 e. The lowest BCUT2D eigenvalue weighted by atomic mass is 9.90. The summed E-state index contributed by atoms with van der Waals surface area (Å²) in [7, 11) is 6.94. The number of likely N-dealkylation sites (N-methyl/N-ethyl adjacent to an activating group) is 2. The Morgan fingerprint density at radius 1 is 1.00 bits per heavy atom. The Morgan fingerprint density at radius 2 is 1.53 bits per heavy atom. The van der Waals surface area contributed by atoms with E-state index >= 15 is 0 Å². The monoisotopic (exact) mass is 428 g/mol. The minimum atomic E-state index is -0.679. The van der Waals surface area contributed by atoms with Crippen molar-refractivity contribution in [1.29, 1.82) is 0 Å². The molecule has 0 aromatic carbocycles. The van der Waals surface area contributed by atoms with Crippen molar-refractivity contribution in [1.82, 2.24) is 15.1 Å². The van der Waals surface area contributed by atoms with Gasteiger partial charge in [-0.1, -0.05) is 48.0 Å². The number of nitrogens with one attached hydrogen (secondary N) is 1. The molecule has 0 saturated carbocycles. The summed E-state index contributed by atoms with van der Waals surface area (Å²) < 4.78 is 5.55. The largest absolute Gasteiger partial charge is 0.379 e. The van der Waals surface area contributed by atoms with E-state index in [1.165, 1.54) is 7.11 Å². The van der Waals surface area contributed by atoms with E-state index in [0.717, 1.165) is 6.42 Å². The van der Waals surface area contributed by atoms with E-state index in [1.54, 1.807) is 11.9 Å². The summed E-state index contributed by atoms with van der Waals surface area (Å²) in [6.07, 6.45) is 0.313. The summed E-state index contributed by atoms with van der Waals surface area (Å²) in [4.78, 5) is 41.5. The number of carbonyl (C=O) groups excluding carboxylic acids is 3. The summed E-state index contributed by atoms with van der Waals surface area (Å²) >= 11 is 0. The minimum Gasteiger partial charge on any atom is -0.379 e. The highest BCUT2D eigenvalue weighted by molar-refractivity contribution is 5.90. The molecule has 0 spiro atoms. The number of nitrogens with zero attached hydrogens (tertiary/aromatic N) is 2. The molecule has 0 aliphatic heterocycles. The van der Waals surface area contributed by atoms with Crippen molar-refractivity contribution in [3.63, 3.8) is 0 Å². The van der Waals surface area contributed by atoms with Crippen LogP contribution in [0.3, 0.4) is 0 Å². The maximum atomic E-state index is 13.5. The lowest BCUT2D eigenvalue weighted by molar-refractivity contribution is -0.144. The molecule has 0 aliphatic rings. The van der Waals surface area contributed by atoms with Crippen LogP contribution in [0.25, 0.3) is 0 Å². The van der Waals surface area contributed by atoms with Crippen LogP contribution in [-0.2, 0) is 19.1 Å². The van der Waals surface area contributed by atoms with Gasteiger partial charge >= 0.3 is 0 Å². The van der Waals surface area contributed by atoms with Crippen LogP contribution < -0.4 is 11.1 Å². The van der Waals surface area contributed by atoms with Gasteiger partial charge < -0.3 is 20.7 Å². The minimum absolute atomic E-state index is 0.0257. The Hall–Kier alpha value is -1.67. The highest BCUT2D eigenvalue weighted by Gasteiger charge is 2.38. The van der Waals surface area contributed by atoms with E-state index in [1.807, 2.05) is 60.5 Å². The van der Waals surface area contributed by atoms with Gasteiger partial charge in [-0.25, -0.2) is 0 Å². The first-order chi connectivity index (χ1) is 13.8. The predicted octanol–water partition coefficient (Wildman–Crippen LogP) is 1.48. The van der Waals surface area contributed by atoms with Crippen LogP contribution in [0.4, 0.5) is 0 Å². The molecule has 0 aliphatic carbocycles. The average Bonchev–Trinajstić information content (AvgIpc) is 2.63. The molecule has 8 heteroatoms. The number of amides is 3. The average molecular weight is 429 g/mol. The number of rotatable bonds is 13. The topological polar surface area (TPSA) is 105 Å². The predicted molar refractivity (Wildman–Crippen MR) is 120 cm³/mol. The molecule has 8 nitrogen and oxygen atoms in total. The standard InChI is InChI=1S/C22H44N4O4/c1-11-15(6)20(16(30-10)12-17(23)27)26(9)22(29)18(13(2)3)24-21(28)19(14(4)5)25(7)8/h13-16,18-20H,11-12H2,1-10H3,(H2,23,27)(H,24,28)/t15?,16-,18+,19+,20+/m1/s1. The zero-order valence-electron chi connectivity index (χ0n) is 20.6. The Kier molecular flexibility index (Phi) is 12.2. The van der Waals surface area contributed by atoms with Crippen molar-refractivity contribution in [2.75, 3.05) is 28.3 Å². The van der Waals surface area contributed by atoms with E-state index in [-0.39, 0.29) is 48.1 Å². The normalized spacial score (nSPS) is 16.8. The van der Waals surface area contributed by atoms with Gasteiger partial charge in [-0.3, -0.25) is 19.3 Å². The van der Waals surface area contributed by atoms with Gasteiger partial charge in [0.1, 0.15) is 6.04 Å². The number of nitrogens with two attached hydrogens (primary N) is 1. The van der Waals surface area contributed by atoms with Crippen LogP contribution in [0.2, 0.25) is 0 Å². The first kappa shape index (κ1) is 28.3. The lowest BCUT2D eigenvalue weighted by Gasteiger charge is -2.40. The van der Waals surface area contributed by atoms with Crippen molar-refractivity contribution < 1.29 is 19.1 Å². The Morgan fingerprint density at radius 3 is 1.87 bits per heavy atom. The fourth-order valence-corrected chi connectivity index (χ4v) is 4.03. The highest BCUT2D eigenvalue weighted by Crippen LogP contribution is 2.23. The third kappa shape index (κ3) is 7.87. The number of primary amides is 1. The molecule has 0 heterocycles. The SMILES string of the molecule is CCC(C)[C@@H]([C@@H](CC(N)=O)OC)N(C)C(=O)[C@@H](NC(=O)[C@H](C(C)C)N(C)C)C(C)C. The molecule has 0 saturated heterocycles. The Bertz CT molecular complexity index is 557. The van der Waals surface area contributed by atoms with E-state index in [2.05, 4.69) is 5.32 Å². The molecular formula is C22H44N4O4. The van der Waals surface area contributed by atoms with E-state index in [4.69, 9.17) is 10.5 Å². The Labute approximate surface area is 182 Å². The van der Waals surface area contributed by atoms with Gasteiger partial charge in [0, 0.05) is 14.2 Å². The second-order valence-corrected chi connectivity index (χ2v) is 9.15. The molecule has 0 bridgehead atoms.